The summed E-state index contributed by atoms with van der Waals surface area (Å²) < 4.78 is 0. The van der Waals surface area contributed by atoms with E-state index < -0.39 is 0 Å². The van der Waals surface area contributed by atoms with Crippen LogP contribution in [0.15, 0.2) is 24.3 Å². The van der Waals surface area contributed by atoms with Crippen molar-refractivity contribution in [1.29, 1.82) is 0 Å². The molecule has 0 radical (unpaired) electrons. The van der Waals surface area contributed by atoms with E-state index in [1.165, 1.54) is 5.19 Å². The summed E-state index contributed by atoms with van der Waals surface area (Å²) in [6, 6.07) is 8.12. The lowest BCUT2D eigenvalue weighted by atomic mass is 10.4. The van der Waals surface area contributed by atoms with Gasteiger partial charge in [-0.05, 0) is 12.1 Å². The maximum absolute atomic E-state index is 5.73. The van der Waals surface area contributed by atoms with Crippen molar-refractivity contribution in [3.8, 4) is 0 Å². The fraction of sp³-hybridized carbons (Fsp3) is 0.250. The number of hydrogen-bond donors (Lipinski definition) is 0. The molecular weight excluding hydrogens is 160 g/mol. The second kappa shape index (κ2) is 3.22. The van der Waals surface area contributed by atoms with E-state index >= 15 is 0 Å². The van der Waals surface area contributed by atoms with Gasteiger partial charge >= 0.3 is 0 Å². The molecule has 0 heterocycles. The van der Waals surface area contributed by atoms with Gasteiger partial charge < -0.3 is 0 Å². The molecule has 0 amide bonds. The Balaban J connectivity index is 2.89. The predicted octanol–water partition coefficient (Wildman–Crippen LogP) is 2.30. The van der Waals surface area contributed by atoms with Gasteiger partial charge in [0.1, 0.15) is 0 Å². The average molecular weight is 170 g/mol. The Morgan fingerprint density at radius 2 is 1.60 bits per heavy atom. The van der Waals surface area contributed by atoms with E-state index in [0.717, 1.165) is 5.02 Å². The molecule has 0 unspecified atom stereocenters. The largest absolute Gasteiger partial charge is 0.292 e. The fourth-order valence-corrected chi connectivity index (χ4v) is 1.74. The van der Waals surface area contributed by atoms with Gasteiger partial charge in [-0.3, -0.25) is 8.80 Å². The zero-order chi connectivity index (χ0) is 7.56. The summed E-state index contributed by atoms with van der Waals surface area (Å²) in [4.78, 5) is 0. The molecule has 0 spiro atoms. The van der Waals surface area contributed by atoms with Crippen LogP contribution in [0.3, 0.4) is 0 Å². The zero-order valence-corrected chi connectivity index (χ0v) is 7.94. The van der Waals surface area contributed by atoms with Gasteiger partial charge in [0.25, 0.3) is 0 Å². The van der Waals surface area contributed by atoms with E-state index in [9.17, 15) is 0 Å². The van der Waals surface area contributed by atoms with E-state index in [4.69, 9.17) is 11.6 Å². The van der Waals surface area contributed by atoms with Gasteiger partial charge in [-0.25, -0.2) is 0 Å². The smallest absolute Gasteiger partial charge is 0.0404 e. The van der Waals surface area contributed by atoms with Crippen LogP contribution in [0.2, 0.25) is 18.1 Å². The molecule has 1 aromatic carbocycles. The quantitative estimate of drug-likeness (QED) is 0.566. The Hall–Kier alpha value is -0.273. The maximum Gasteiger partial charge on any atom is 0.0404 e. The van der Waals surface area contributed by atoms with Gasteiger partial charge in [0.15, 0.2) is 0 Å². The number of halogens is 1. The second-order valence-corrected chi connectivity index (χ2v) is 5.52. The molecule has 1 rings (SSSR count). The lowest BCUT2D eigenvalue weighted by Crippen LogP contribution is -2.21. The molecule has 0 bridgehead atoms. The molecule has 54 valence electrons. The van der Waals surface area contributed by atoms with Gasteiger partial charge in [-0.1, -0.05) is 23.7 Å². The summed E-state index contributed by atoms with van der Waals surface area (Å²) in [5.41, 5.74) is 0. The molecule has 0 N–H and O–H groups in total. The summed E-state index contributed by atoms with van der Waals surface area (Å²) in [5.74, 6) is 0. The Kier molecular flexibility index (Phi) is 2.52. The van der Waals surface area contributed by atoms with Crippen LogP contribution in [0, 0.1) is 0 Å². The highest BCUT2D eigenvalue weighted by molar-refractivity contribution is 6.70. The van der Waals surface area contributed by atoms with Gasteiger partial charge in [0, 0.05) is 5.02 Å². The topological polar surface area (TPSA) is 0 Å². The monoisotopic (exact) mass is 169 g/mol. The third-order valence-corrected chi connectivity index (χ3v) is 3.16. The Morgan fingerprint density at radius 1 is 1.10 bits per heavy atom. The number of benzene rings is 1. The number of hydrogen-bond acceptors (Lipinski definition) is 0. The summed E-state index contributed by atoms with van der Waals surface area (Å²) in [5, 5.41) is 2.27. The van der Waals surface area contributed by atoms with Crippen LogP contribution in [0.25, 0.3) is 0 Å². The summed E-state index contributed by atoms with van der Waals surface area (Å²) in [6.07, 6.45) is 0. The molecule has 1 aromatic rings. The zero-order valence-electron chi connectivity index (χ0n) is 6.19. The first kappa shape index (κ1) is 7.83. The van der Waals surface area contributed by atoms with Crippen LogP contribution in [-0.4, -0.2) is 8.80 Å². The number of rotatable bonds is 1. The Labute approximate surface area is 68.4 Å². The first-order valence-corrected chi connectivity index (χ1v) is 6.14. The van der Waals surface area contributed by atoms with Crippen molar-refractivity contribution in [1.82, 2.24) is 0 Å². The van der Waals surface area contributed by atoms with Gasteiger partial charge in [0.2, 0.25) is 0 Å². The van der Waals surface area contributed by atoms with E-state index in [0.29, 0.717) is 0 Å². The molecule has 0 atom stereocenters. The third-order valence-electron chi connectivity index (χ3n) is 1.42. The molecule has 0 fully saturated rings. The van der Waals surface area contributed by atoms with Gasteiger partial charge in [0.05, 0.1) is 0 Å². The summed E-state index contributed by atoms with van der Waals surface area (Å²) in [7, 11) is -0.287. The minimum absolute atomic E-state index is 0.287. The lowest BCUT2D eigenvalue weighted by Gasteiger charge is -2.17. The van der Waals surface area contributed by atoms with Crippen LogP contribution in [-0.2, 0) is 0 Å². The molecule has 0 saturated heterocycles. The molecule has 0 aliphatic heterocycles. The predicted molar refractivity (Wildman–Crippen MR) is 48.6 cm³/mol. The van der Waals surface area contributed by atoms with Gasteiger partial charge in [-0.15, -0.1) is 0 Å². The van der Waals surface area contributed by atoms with E-state index in [-0.39, 0.29) is 8.80 Å². The summed E-state index contributed by atoms with van der Waals surface area (Å²) >= 11 is 5.73. The normalized spacial score (nSPS) is 9.50. The third kappa shape index (κ3) is 1.86. The van der Waals surface area contributed by atoms with Gasteiger partial charge in [-0.2, -0.15) is 18.3 Å². The second-order valence-electron chi connectivity index (χ2n) is 2.51. The maximum atomic E-state index is 5.73. The van der Waals surface area contributed by atoms with Crippen molar-refractivity contribution in [3.63, 3.8) is 0 Å². The van der Waals surface area contributed by atoms with Crippen LogP contribution in [0.5, 0.6) is 0 Å². The van der Waals surface area contributed by atoms with E-state index in [2.05, 4.69) is 25.2 Å². The molecule has 0 saturated carbocycles. The molecule has 0 aromatic heterocycles. The van der Waals surface area contributed by atoms with Crippen molar-refractivity contribution in [2.75, 3.05) is 0 Å². The van der Waals surface area contributed by atoms with Crippen molar-refractivity contribution in [3.05, 3.63) is 29.3 Å². The Bertz CT molecular complexity index is 203. The van der Waals surface area contributed by atoms with E-state index in [1.807, 2.05) is 12.1 Å². The van der Waals surface area contributed by atoms with Crippen molar-refractivity contribution in [2.45, 2.75) is 13.1 Å². The molecular formula is C8H10ClSi-. The molecule has 2 heteroatoms. The lowest BCUT2D eigenvalue weighted by molar-refractivity contribution is 1.74. The molecule has 0 nitrogen and oxygen atoms in total. The standard InChI is InChI=1S/C8H10ClSi/c1-10(2)8-5-3-7(9)4-6-8/h3-6H,1-2H3/q-1. The summed E-state index contributed by atoms with van der Waals surface area (Å²) in [6.45, 7) is 4.54. The highest BCUT2D eigenvalue weighted by Crippen LogP contribution is 2.03. The fourth-order valence-electron chi connectivity index (χ4n) is 0.783. The Morgan fingerprint density at radius 3 is 2.00 bits per heavy atom. The first-order chi connectivity index (χ1) is 4.70. The van der Waals surface area contributed by atoms with Crippen LogP contribution in [0.4, 0.5) is 0 Å². The van der Waals surface area contributed by atoms with Crippen LogP contribution in [0.1, 0.15) is 0 Å². The minimum Gasteiger partial charge on any atom is -0.292 e. The van der Waals surface area contributed by atoms with Crippen molar-refractivity contribution < 1.29 is 0 Å². The highest BCUT2D eigenvalue weighted by atomic mass is 35.5. The van der Waals surface area contributed by atoms with E-state index in [1.54, 1.807) is 0 Å². The average Bonchev–Trinajstić information content (AvgIpc) is 1.88. The van der Waals surface area contributed by atoms with Crippen LogP contribution < -0.4 is 5.19 Å². The molecule has 0 aliphatic rings. The highest BCUT2D eigenvalue weighted by Gasteiger charge is 1.85. The van der Waals surface area contributed by atoms with Crippen molar-refractivity contribution >= 4 is 25.6 Å². The minimum atomic E-state index is -0.287. The van der Waals surface area contributed by atoms with Crippen molar-refractivity contribution in [2.24, 2.45) is 0 Å². The van der Waals surface area contributed by atoms with Crippen LogP contribution >= 0.6 is 11.6 Å². The SMILES string of the molecule is C[Si-](C)c1ccc(Cl)cc1. The molecule has 0 aliphatic carbocycles. The first-order valence-electron chi connectivity index (χ1n) is 3.26. The molecule has 10 heavy (non-hydrogen) atoms.